The molecular weight excluding hydrogens is 252 g/mol. The van der Waals surface area contributed by atoms with Crippen molar-refractivity contribution < 1.29 is 9.90 Å². The largest absolute Gasteiger partial charge is 0.392 e. The molecule has 4 nitrogen and oxygen atoms in total. The molecule has 2 rings (SSSR count). The number of nitrogens with one attached hydrogen (secondary N) is 1. The number of para-hydroxylation sites is 1. The predicted molar refractivity (Wildman–Crippen MR) is 80.2 cm³/mol. The molecule has 1 aliphatic rings. The molecule has 0 radical (unpaired) electrons. The average molecular weight is 276 g/mol. The van der Waals surface area contributed by atoms with E-state index in [1.807, 2.05) is 24.3 Å². The Hall–Kier alpha value is -1.39. The van der Waals surface area contributed by atoms with E-state index in [-0.39, 0.29) is 17.9 Å². The maximum absolute atomic E-state index is 12.3. The fourth-order valence-electron chi connectivity index (χ4n) is 3.07. The fraction of sp³-hybridized carbons (Fsp3) is 0.562. The van der Waals surface area contributed by atoms with Gasteiger partial charge in [-0.2, -0.15) is 0 Å². The molecule has 0 saturated heterocycles. The normalized spacial score (nSPS) is 17.7. The SMILES string of the molecule is NCC1(CC(=O)Nc2ccccc2CO)CCCCC1. The molecule has 0 heterocycles. The molecule has 0 aliphatic heterocycles. The summed E-state index contributed by atoms with van der Waals surface area (Å²) in [6.07, 6.45) is 6.13. The lowest BCUT2D eigenvalue weighted by atomic mass is 9.71. The van der Waals surface area contributed by atoms with Gasteiger partial charge in [0.05, 0.1) is 6.61 Å². The van der Waals surface area contributed by atoms with Crippen LogP contribution < -0.4 is 11.1 Å². The molecule has 0 bridgehead atoms. The van der Waals surface area contributed by atoms with Gasteiger partial charge in [0, 0.05) is 17.7 Å². The molecule has 20 heavy (non-hydrogen) atoms. The van der Waals surface area contributed by atoms with Crippen molar-refractivity contribution in [3.8, 4) is 0 Å². The second-order valence-electron chi connectivity index (χ2n) is 5.80. The fourth-order valence-corrected chi connectivity index (χ4v) is 3.07. The van der Waals surface area contributed by atoms with Crippen molar-refractivity contribution in [2.45, 2.75) is 45.1 Å². The lowest BCUT2D eigenvalue weighted by Gasteiger charge is -2.35. The third-order valence-corrected chi connectivity index (χ3v) is 4.34. The highest BCUT2D eigenvalue weighted by atomic mass is 16.3. The number of carbonyl (C=O) groups is 1. The number of carbonyl (C=O) groups excluding carboxylic acids is 1. The first kappa shape index (κ1) is 15.0. The highest BCUT2D eigenvalue weighted by Crippen LogP contribution is 2.38. The third-order valence-electron chi connectivity index (χ3n) is 4.34. The Morgan fingerprint density at radius 2 is 1.95 bits per heavy atom. The molecule has 4 heteroatoms. The van der Waals surface area contributed by atoms with Crippen molar-refractivity contribution in [3.05, 3.63) is 29.8 Å². The van der Waals surface area contributed by atoms with E-state index in [4.69, 9.17) is 5.73 Å². The van der Waals surface area contributed by atoms with E-state index in [0.29, 0.717) is 18.7 Å². The smallest absolute Gasteiger partial charge is 0.224 e. The molecule has 0 aromatic heterocycles. The maximum atomic E-state index is 12.3. The highest BCUT2D eigenvalue weighted by molar-refractivity contribution is 5.91. The summed E-state index contributed by atoms with van der Waals surface area (Å²) in [4.78, 5) is 12.3. The first-order valence-corrected chi connectivity index (χ1v) is 7.38. The van der Waals surface area contributed by atoms with Crippen LogP contribution in [0.15, 0.2) is 24.3 Å². The zero-order valence-electron chi connectivity index (χ0n) is 11.9. The summed E-state index contributed by atoms with van der Waals surface area (Å²) in [6.45, 7) is 0.501. The first-order valence-electron chi connectivity index (χ1n) is 7.38. The minimum Gasteiger partial charge on any atom is -0.392 e. The van der Waals surface area contributed by atoms with Crippen molar-refractivity contribution in [2.75, 3.05) is 11.9 Å². The lowest BCUT2D eigenvalue weighted by Crippen LogP contribution is -2.36. The Labute approximate surface area is 120 Å². The Morgan fingerprint density at radius 3 is 2.60 bits per heavy atom. The minimum atomic E-state index is -0.0709. The first-order chi connectivity index (χ1) is 9.69. The number of aliphatic hydroxyl groups is 1. The van der Waals surface area contributed by atoms with Crippen molar-refractivity contribution >= 4 is 11.6 Å². The maximum Gasteiger partial charge on any atom is 0.224 e. The average Bonchev–Trinajstić information content (AvgIpc) is 2.48. The van der Waals surface area contributed by atoms with Gasteiger partial charge in [0.2, 0.25) is 5.91 Å². The molecule has 1 aromatic carbocycles. The Kier molecular flexibility index (Phi) is 5.15. The second kappa shape index (κ2) is 6.86. The molecular formula is C16H24N2O2. The van der Waals surface area contributed by atoms with Crippen molar-refractivity contribution in [2.24, 2.45) is 11.1 Å². The van der Waals surface area contributed by atoms with E-state index in [1.54, 1.807) is 0 Å². The summed E-state index contributed by atoms with van der Waals surface area (Å²) in [5, 5.41) is 12.2. The predicted octanol–water partition coefficient (Wildman–Crippen LogP) is 2.42. The van der Waals surface area contributed by atoms with E-state index in [9.17, 15) is 9.90 Å². The van der Waals surface area contributed by atoms with Crippen LogP contribution in [-0.2, 0) is 11.4 Å². The van der Waals surface area contributed by atoms with E-state index in [1.165, 1.54) is 6.42 Å². The molecule has 110 valence electrons. The van der Waals surface area contributed by atoms with Crippen molar-refractivity contribution in [1.82, 2.24) is 0 Å². The van der Waals surface area contributed by atoms with Crippen LogP contribution in [0, 0.1) is 5.41 Å². The topological polar surface area (TPSA) is 75.4 Å². The van der Waals surface area contributed by atoms with Crippen LogP contribution in [-0.4, -0.2) is 17.6 Å². The van der Waals surface area contributed by atoms with Gasteiger partial charge in [-0.1, -0.05) is 37.5 Å². The number of anilines is 1. The van der Waals surface area contributed by atoms with Crippen LogP contribution in [0.5, 0.6) is 0 Å². The van der Waals surface area contributed by atoms with E-state index in [0.717, 1.165) is 31.2 Å². The van der Waals surface area contributed by atoms with Gasteiger partial charge in [0.25, 0.3) is 0 Å². The summed E-state index contributed by atoms with van der Waals surface area (Å²) >= 11 is 0. The van der Waals surface area contributed by atoms with Crippen LogP contribution in [0.25, 0.3) is 0 Å². The van der Waals surface area contributed by atoms with Crippen LogP contribution in [0.2, 0.25) is 0 Å². The highest BCUT2D eigenvalue weighted by Gasteiger charge is 2.33. The standard InChI is InChI=1S/C16H24N2O2/c17-12-16(8-4-1-5-9-16)10-15(20)18-14-7-3-2-6-13(14)11-19/h2-3,6-7,19H,1,4-5,8-12,17H2,(H,18,20). The molecule has 4 N–H and O–H groups in total. The third kappa shape index (κ3) is 3.58. The number of nitrogens with two attached hydrogens (primary N) is 1. The zero-order valence-corrected chi connectivity index (χ0v) is 11.9. The van der Waals surface area contributed by atoms with E-state index in [2.05, 4.69) is 5.32 Å². The number of aliphatic hydroxyl groups excluding tert-OH is 1. The Balaban J connectivity index is 2.01. The van der Waals surface area contributed by atoms with Crippen LogP contribution in [0.3, 0.4) is 0 Å². The Morgan fingerprint density at radius 1 is 1.25 bits per heavy atom. The van der Waals surface area contributed by atoms with Gasteiger partial charge in [0.1, 0.15) is 0 Å². The monoisotopic (exact) mass is 276 g/mol. The van der Waals surface area contributed by atoms with Crippen LogP contribution >= 0.6 is 0 Å². The molecule has 0 atom stereocenters. The van der Waals surface area contributed by atoms with Gasteiger partial charge in [-0.05, 0) is 30.9 Å². The molecule has 0 unspecified atom stereocenters. The van der Waals surface area contributed by atoms with Gasteiger partial charge >= 0.3 is 0 Å². The summed E-state index contributed by atoms with van der Waals surface area (Å²) < 4.78 is 0. The van der Waals surface area contributed by atoms with Gasteiger partial charge in [0.15, 0.2) is 0 Å². The van der Waals surface area contributed by atoms with Crippen molar-refractivity contribution in [1.29, 1.82) is 0 Å². The molecule has 1 amide bonds. The summed E-state index contributed by atoms with van der Waals surface area (Å²) in [5.74, 6) is -0.00162. The summed E-state index contributed by atoms with van der Waals surface area (Å²) in [7, 11) is 0. The quantitative estimate of drug-likeness (QED) is 0.773. The number of hydrogen-bond donors (Lipinski definition) is 3. The second-order valence-corrected chi connectivity index (χ2v) is 5.80. The molecule has 1 aliphatic carbocycles. The Bertz CT molecular complexity index is 454. The van der Waals surface area contributed by atoms with Crippen LogP contribution in [0.4, 0.5) is 5.69 Å². The van der Waals surface area contributed by atoms with Crippen molar-refractivity contribution in [3.63, 3.8) is 0 Å². The number of benzene rings is 1. The molecule has 1 fully saturated rings. The molecule has 0 spiro atoms. The lowest BCUT2D eigenvalue weighted by molar-refractivity contribution is -0.118. The van der Waals surface area contributed by atoms with E-state index < -0.39 is 0 Å². The number of amides is 1. The molecule has 1 saturated carbocycles. The summed E-state index contributed by atoms with van der Waals surface area (Å²) in [6, 6.07) is 7.34. The minimum absolute atomic E-state index is 0.00162. The van der Waals surface area contributed by atoms with Gasteiger partial charge in [-0.3, -0.25) is 4.79 Å². The van der Waals surface area contributed by atoms with Gasteiger partial charge < -0.3 is 16.2 Å². The summed E-state index contributed by atoms with van der Waals surface area (Å²) in [5.41, 5.74) is 7.32. The zero-order chi connectivity index (χ0) is 14.4. The van der Waals surface area contributed by atoms with E-state index >= 15 is 0 Å². The van der Waals surface area contributed by atoms with Crippen LogP contribution in [0.1, 0.15) is 44.1 Å². The number of rotatable bonds is 5. The number of hydrogen-bond acceptors (Lipinski definition) is 3. The van der Waals surface area contributed by atoms with Gasteiger partial charge in [-0.15, -0.1) is 0 Å². The molecule has 1 aromatic rings. The van der Waals surface area contributed by atoms with Gasteiger partial charge in [-0.25, -0.2) is 0 Å².